The van der Waals surface area contributed by atoms with Crippen LogP contribution in [0.5, 0.6) is 5.75 Å². The molecule has 1 aromatic carbocycles. The molecule has 1 rings (SSSR count). The van der Waals surface area contributed by atoms with Gasteiger partial charge in [-0.1, -0.05) is 12.1 Å². The predicted molar refractivity (Wildman–Crippen MR) is 109 cm³/mol. The molecule has 0 spiro atoms. The minimum atomic E-state index is 0.802. The first-order valence-corrected chi connectivity index (χ1v) is 9.52. The largest absolute Gasteiger partial charge is 0.497 e. The van der Waals surface area contributed by atoms with Gasteiger partial charge in [0.15, 0.2) is 5.96 Å². The normalized spacial score (nSPS) is 11.7. The number of hydrogen-bond acceptors (Lipinski definition) is 4. The van der Waals surface area contributed by atoms with Gasteiger partial charge in [-0.05, 0) is 50.9 Å². The molecule has 0 saturated carbocycles. The monoisotopic (exact) mass is 364 g/mol. The Morgan fingerprint density at radius 1 is 1.15 bits per heavy atom. The van der Waals surface area contributed by atoms with Crippen molar-refractivity contribution in [3.05, 3.63) is 29.8 Å². The second-order valence-electron chi connectivity index (χ2n) is 6.29. The van der Waals surface area contributed by atoms with Gasteiger partial charge in [0.05, 0.1) is 7.11 Å². The number of aliphatic imine (C=N–C) groups is 1. The first-order chi connectivity index (χ1) is 12.7. The summed E-state index contributed by atoms with van der Waals surface area (Å²) in [7, 11) is 5.58. The summed E-state index contributed by atoms with van der Waals surface area (Å²) in [5.74, 6) is 1.80. The van der Waals surface area contributed by atoms with Crippen molar-refractivity contribution in [1.29, 1.82) is 0 Å². The molecule has 0 bridgehead atoms. The topological polar surface area (TPSA) is 58.1 Å². The van der Waals surface area contributed by atoms with Crippen LogP contribution in [0, 0.1) is 0 Å². The Balaban J connectivity index is 2.29. The smallest absolute Gasteiger partial charge is 0.191 e. The fraction of sp³-hybridized carbons (Fsp3) is 0.650. The highest BCUT2D eigenvalue weighted by Gasteiger charge is 2.01. The van der Waals surface area contributed by atoms with Gasteiger partial charge in [0.1, 0.15) is 5.75 Å². The molecule has 148 valence electrons. The number of nitrogens with zero attached hydrogens (tertiary/aromatic N) is 2. The SMILES string of the molecule is CCNC(=NCCCc1cccc(OC)c1)NCCN(C)CCCOC. The van der Waals surface area contributed by atoms with Crippen LogP contribution in [0.15, 0.2) is 29.3 Å². The first kappa shape index (κ1) is 22.3. The summed E-state index contributed by atoms with van der Waals surface area (Å²) in [4.78, 5) is 6.97. The van der Waals surface area contributed by atoms with Crippen LogP contribution in [0.2, 0.25) is 0 Å². The Labute approximate surface area is 159 Å². The van der Waals surface area contributed by atoms with Crippen LogP contribution in [-0.2, 0) is 11.2 Å². The quantitative estimate of drug-likeness (QED) is 0.319. The molecule has 0 fully saturated rings. The average Bonchev–Trinajstić information content (AvgIpc) is 2.65. The molecular weight excluding hydrogens is 328 g/mol. The first-order valence-electron chi connectivity index (χ1n) is 9.52. The highest BCUT2D eigenvalue weighted by molar-refractivity contribution is 5.79. The fourth-order valence-electron chi connectivity index (χ4n) is 2.60. The fourth-order valence-corrected chi connectivity index (χ4v) is 2.60. The Bertz CT molecular complexity index is 508. The highest BCUT2D eigenvalue weighted by atomic mass is 16.5. The molecule has 6 nitrogen and oxygen atoms in total. The standard InChI is InChI=1S/C20H36N4O2/c1-5-21-20(23-13-15-24(2)14-8-16-25-3)22-12-7-10-18-9-6-11-19(17-18)26-4/h6,9,11,17H,5,7-8,10,12-16H2,1-4H3,(H2,21,22,23). The Kier molecular flexibility index (Phi) is 12.3. The summed E-state index contributed by atoms with van der Waals surface area (Å²) in [5.41, 5.74) is 1.29. The third kappa shape index (κ3) is 10.3. The van der Waals surface area contributed by atoms with E-state index in [0.29, 0.717) is 0 Å². The van der Waals surface area contributed by atoms with Crippen LogP contribution in [0.1, 0.15) is 25.3 Å². The van der Waals surface area contributed by atoms with Crippen molar-refractivity contribution in [3.63, 3.8) is 0 Å². The van der Waals surface area contributed by atoms with E-state index in [2.05, 4.69) is 46.6 Å². The molecule has 0 radical (unpaired) electrons. The maximum Gasteiger partial charge on any atom is 0.191 e. The summed E-state index contributed by atoms with van der Waals surface area (Å²) in [6, 6.07) is 8.23. The van der Waals surface area contributed by atoms with Gasteiger partial charge in [-0.3, -0.25) is 4.99 Å². The maximum atomic E-state index is 5.27. The zero-order chi connectivity index (χ0) is 19.0. The molecule has 26 heavy (non-hydrogen) atoms. The number of guanidine groups is 1. The van der Waals surface area contributed by atoms with E-state index in [0.717, 1.165) is 70.3 Å². The Hall–Kier alpha value is -1.79. The third-order valence-corrected chi connectivity index (χ3v) is 4.05. The van der Waals surface area contributed by atoms with Crippen molar-refractivity contribution in [3.8, 4) is 5.75 Å². The average molecular weight is 365 g/mol. The number of methoxy groups -OCH3 is 2. The molecule has 2 N–H and O–H groups in total. The van der Waals surface area contributed by atoms with Gasteiger partial charge < -0.3 is 25.0 Å². The van der Waals surface area contributed by atoms with Crippen molar-refractivity contribution in [1.82, 2.24) is 15.5 Å². The minimum absolute atomic E-state index is 0.802. The van der Waals surface area contributed by atoms with Crippen LogP contribution in [-0.4, -0.2) is 71.5 Å². The molecule has 0 amide bonds. The lowest BCUT2D eigenvalue weighted by molar-refractivity contribution is 0.180. The van der Waals surface area contributed by atoms with Gasteiger partial charge in [0.25, 0.3) is 0 Å². The molecule has 0 aliphatic heterocycles. The van der Waals surface area contributed by atoms with Crippen LogP contribution in [0.4, 0.5) is 0 Å². The van der Waals surface area contributed by atoms with E-state index in [4.69, 9.17) is 9.47 Å². The summed E-state index contributed by atoms with van der Waals surface area (Å²) in [6.45, 7) is 7.48. The number of rotatable bonds is 13. The molecule has 0 saturated heterocycles. The number of hydrogen-bond donors (Lipinski definition) is 2. The molecule has 0 aliphatic rings. The number of nitrogens with one attached hydrogen (secondary N) is 2. The van der Waals surface area contributed by atoms with E-state index in [1.807, 2.05) is 12.1 Å². The lowest BCUT2D eigenvalue weighted by Crippen LogP contribution is -2.41. The van der Waals surface area contributed by atoms with Crippen molar-refractivity contribution >= 4 is 5.96 Å². The second-order valence-corrected chi connectivity index (χ2v) is 6.29. The van der Waals surface area contributed by atoms with E-state index in [9.17, 15) is 0 Å². The van der Waals surface area contributed by atoms with Crippen LogP contribution >= 0.6 is 0 Å². The lowest BCUT2D eigenvalue weighted by Gasteiger charge is -2.18. The Morgan fingerprint density at radius 3 is 2.73 bits per heavy atom. The highest BCUT2D eigenvalue weighted by Crippen LogP contribution is 2.13. The zero-order valence-corrected chi connectivity index (χ0v) is 16.9. The van der Waals surface area contributed by atoms with E-state index >= 15 is 0 Å². The number of aryl methyl sites for hydroxylation is 1. The third-order valence-electron chi connectivity index (χ3n) is 4.05. The maximum absolute atomic E-state index is 5.27. The molecule has 0 heterocycles. The van der Waals surface area contributed by atoms with Crippen molar-refractivity contribution in [2.45, 2.75) is 26.2 Å². The number of likely N-dealkylation sites (N-methyl/N-ethyl adjacent to an activating group) is 1. The van der Waals surface area contributed by atoms with Crippen LogP contribution in [0.25, 0.3) is 0 Å². The second kappa shape index (κ2) is 14.4. The van der Waals surface area contributed by atoms with Gasteiger partial charge in [-0.15, -0.1) is 0 Å². The number of ether oxygens (including phenoxy) is 2. The minimum Gasteiger partial charge on any atom is -0.497 e. The molecule has 1 aromatic rings. The molecule has 0 aliphatic carbocycles. The Morgan fingerprint density at radius 2 is 2.00 bits per heavy atom. The number of benzene rings is 1. The van der Waals surface area contributed by atoms with Crippen LogP contribution < -0.4 is 15.4 Å². The molecule has 0 aromatic heterocycles. The van der Waals surface area contributed by atoms with Gasteiger partial charge in [0.2, 0.25) is 0 Å². The molecule has 6 heteroatoms. The molecular formula is C20H36N4O2. The predicted octanol–water partition coefficient (Wildman–Crippen LogP) is 2.15. The summed E-state index contributed by atoms with van der Waals surface area (Å²) >= 11 is 0. The summed E-state index contributed by atoms with van der Waals surface area (Å²) < 4.78 is 10.4. The molecule has 0 atom stereocenters. The van der Waals surface area contributed by atoms with Gasteiger partial charge in [-0.2, -0.15) is 0 Å². The van der Waals surface area contributed by atoms with Crippen molar-refractivity contribution < 1.29 is 9.47 Å². The van der Waals surface area contributed by atoms with Gasteiger partial charge in [0, 0.05) is 46.4 Å². The van der Waals surface area contributed by atoms with Crippen LogP contribution in [0.3, 0.4) is 0 Å². The lowest BCUT2D eigenvalue weighted by atomic mass is 10.1. The van der Waals surface area contributed by atoms with Crippen molar-refractivity contribution in [2.75, 3.05) is 60.6 Å². The van der Waals surface area contributed by atoms with Gasteiger partial charge >= 0.3 is 0 Å². The summed E-state index contributed by atoms with van der Waals surface area (Å²) in [6.07, 6.45) is 3.08. The zero-order valence-electron chi connectivity index (χ0n) is 16.9. The summed E-state index contributed by atoms with van der Waals surface area (Å²) in [5, 5.41) is 6.71. The van der Waals surface area contributed by atoms with E-state index in [-0.39, 0.29) is 0 Å². The van der Waals surface area contributed by atoms with Crippen molar-refractivity contribution in [2.24, 2.45) is 4.99 Å². The van der Waals surface area contributed by atoms with E-state index < -0.39 is 0 Å². The van der Waals surface area contributed by atoms with E-state index in [1.54, 1.807) is 14.2 Å². The molecule has 0 unspecified atom stereocenters. The van der Waals surface area contributed by atoms with E-state index in [1.165, 1.54) is 5.56 Å². The van der Waals surface area contributed by atoms with Gasteiger partial charge in [-0.25, -0.2) is 0 Å².